The van der Waals surface area contributed by atoms with E-state index in [4.69, 9.17) is 4.74 Å². The summed E-state index contributed by atoms with van der Waals surface area (Å²) in [7, 11) is 0. The zero-order valence-corrected chi connectivity index (χ0v) is 14.6. The Hall–Kier alpha value is -3.17. The number of alkyl halides is 3. The fraction of sp³-hybridized carbons (Fsp3) is 0.333. The maximum Gasteiger partial charge on any atom is 0.433 e. The lowest BCUT2D eigenvalue weighted by Gasteiger charge is -2.10. The first-order valence-corrected chi connectivity index (χ1v) is 8.52. The number of hydrogen-bond donors (Lipinski definition) is 2. The Bertz CT molecular complexity index is 873. The predicted molar refractivity (Wildman–Crippen MR) is 92.8 cm³/mol. The van der Waals surface area contributed by atoms with Gasteiger partial charge in [-0.2, -0.15) is 13.2 Å². The van der Waals surface area contributed by atoms with Crippen LogP contribution in [-0.2, 0) is 15.7 Å². The van der Waals surface area contributed by atoms with Crippen LogP contribution >= 0.6 is 0 Å². The van der Waals surface area contributed by atoms with E-state index in [0.29, 0.717) is 25.1 Å². The van der Waals surface area contributed by atoms with Crippen LogP contribution in [0.3, 0.4) is 0 Å². The van der Waals surface area contributed by atoms with Gasteiger partial charge in [0.15, 0.2) is 0 Å². The Labute approximate surface area is 158 Å². The maximum absolute atomic E-state index is 12.7. The molecule has 0 spiro atoms. The lowest BCUT2D eigenvalue weighted by atomic mass is 10.1. The molecule has 0 bridgehead atoms. The van der Waals surface area contributed by atoms with E-state index in [0.717, 1.165) is 12.3 Å². The van der Waals surface area contributed by atoms with Gasteiger partial charge >= 0.3 is 12.1 Å². The number of ether oxygens (including phenoxy) is 1. The summed E-state index contributed by atoms with van der Waals surface area (Å²) in [5.74, 6) is -0.664. The Morgan fingerprint density at radius 1 is 1.32 bits per heavy atom. The van der Waals surface area contributed by atoms with Gasteiger partial charge < -0.3 is 15.4 Å². The second kappa shape index (κ2) is 8.24. The van der Waals surface area contributed by atoms with Crippen molar-refractivity contribution in [3.8, 4) is 0 Å². The van der Waals surface area contributed by atoms with Crippen molar-refractivity contribution in [2.75, 3.05) is 18.5 Å². The number of anilines is 2. The molecule has 1 aliphatic heterocycles. The molecule has 1 atom stereocenters. The van der Waals surface area contributed by atoms with E-state index in [1.165, 1.54) is 12.1 Å². The summed E-state index contributed by atoms with van der Waals surface area (Å²) in [6.45, 7) is 0.750. The van der Waals surface area contributed by atoms with Crippen LogP contribution in [0.4, 0.5) is 24.8 Å². The van der Waals surface area contributed by atoms with Crippen molar-refractivity contribution >= 4 is 23.5 Å². The minimum Gasteiger partial charge on any atom is -0.462 e. The number of esters is 1. The monoisotopic (exact) mass is 394 g/mol. The molecule has 3 rings (SSSR count). The molecule has 1 unspecified atom stereocenters. The van der Waals surface area contributed by atoms with Gasteiger partial charge in [0, 0.05) is 24.8 Å². The number of nitrogens with zero attached hydrogens (tertiary/aromatic N) is 2. The zero-order valence-electron chi connectivity index (χ0n) is 14.6. The SMILES string of the molecule is O=C1CC(CCOC(=O)c2cccc(Nc3nccc(C(F)(F)F)n3)c2)CN1. The van der Waals surface area contributed by atoms with Crippen molar-refractivity contribution in [3.63, 3.8) is 0 Å². The standard InChI is InChI=1S/C18H17F3N4O3/c19-18(20,21)14-4-6-22-17(25-14)24-13-3-1-2-12(9-13)16(27)28-7-5-11-8-15(26)23-10-11/h1-4,6,9,11H,5,7-8,10H2,(H,23,26)(H,22,24,25). The summed E-state index contributed by atoms with van der Waals surface area (Å²) in [5.41, 5.74) is -0.489. The second-order valence-corrected chi connectivity index (χ2v) is 6.27. The molecule has 1 saturated heterocycles. The molecule has 7 nitrogen and oxygen atoms in total. The van der Waals surface area contributed by atoms with E-state index < -0.39 is 17.8 Å². The Morgan fingerprint density at radius 3 is 2.86 bits per heavy atom. The Balaban J connectivity index is 1.59. The highest BCUT2D eigenvalue weighted by Crippen LogP contribution is 2.28. The third kappa shape index (κ3) is 5.18. The molecule has 1 aromatic heterocycles. The molecular weight excluding hydrogens is 377 g/mol. The predicted octanol–water partition coefficient (Wildman–Crippen LogP) is 2.92. The fourth-order valence-electron chi connectivity index (χ4n) is 2.70. The lowest BCUT2D eigenvalue weighted by Crippen LogP contribution is -2.15. The molecule has 0 radical (unpaired) electrons. The molecule has 1 amide bonds. The van der Waals surface area contributed by atoms with E-state index in [9.17, 15) is 22.8 Å². The van der Waals surface area contributed by atoms with E-state index in [1.807, 2.05) is 0 Å². The number of halogens is 3. The minimum absolute atomic E-state index is 0.00749. The van der Waals surface area contributed by atoms with Crippen molar-refractivity contribution in [1.29, 1.82) is 0 Å². The van der Waals surface area contributed by atoms with Crippen LogP contribution in [0.25, 0.3) is 0 Å². The van der Waals surface area contributed by atoms with Crippen LogP contribution in [0.15, 0.2) is 36.5 Å². The lowest BCUT2D eigenvalue weighted by molar-refractivity contribution is -0.141. The summed E-state index contributed by atoms with van der Waals surface area (Å²) in [6.07, 6.45) is -2.59. The molecule has 28 heavy (non-hydrogen) atoms. The molecule has 2 N–H and O–H groups in total. The van der Waals surface area contributed by atoms with Gasteiger partial charge in [-0.25, -0.2) is 14.8 Å². The van der Waals surface area contributed by atoms with Gasteiger partial charge in [0.05, 0.1) is 12.2 Å². The highest BCUT2D eigenvalue weighted by molar-refractivity contribution is 5.90. The van der Waals surface area contributed by atoms with E-state index >= 15 is 0 Å². The van der Waals surface area contributed by atoms with Crippen molar-refractivity contribution in [1.82, 2.24) is 15.3 Å². The van der Waals surface area contributed by atoms with Gasteiger partial charge in [0.1, 0.15) is 5.69 Å². The quantitative estimate of drug-likeness (QED) is 0.732. The third-order valence-corrected chi connectivity index (χ3v) is 4.12. The van der Waals surface area contributed by atoms with Gasteiger partial charge in [-0.15, -0.1) is 0 Å². The number of rotatable bonds is 6. The molecule has 2 aromatic rings. The largest absolute Gasteiger partial charge is 0.462 e. The summed E-state index contributed by atoms with van der Waals surface area (Å²) in [4.78, 5) is 30.5. The number of aromatic nitrogens is 2. The Morgan fingerprint density at radius 2 is 2.14 bits per heavy atom. The smallest absolute Gasteiger partial charge is 0.433 e. The average Bonchev–Trinajstić information content (AvgIpc) is 3.06. The minimum atomic E-state index is -4.58. The fourth-order valence-corrected chi connectivity index (χ4v) is 2.70. The molecule has 0 saturated carbocycles. The molecule has 0 aliphatic carbocycles. The molecule has 148 valence electrons. The van der Waals surface area contributed by atoms with Crippen molar-refractivity contribution in [2.45, 2.75) is 19.0 Å². The summed E-state index contributed by atoms with van der Waals surface area (Å²) in [6, 6.07) is 6.86. The van der Waals surface area contributed by atoms with Gasteiger partial charge in [0.25, 0.3) is 0 Å². The number of amides is 1. The van der Waals surface area contributed by atoms with E-state index in [2.05, 4.69) is 20.6 Å². The van der Waals surface area contributed by atoms with Crippen LogP contribution in [0.1, 0.15) is 28.9 Å². The number of carbonyl (C=O) groups is 2. The topological polar surface area (TPSA) is 93.2 Å². The maximum atomic E-state index is 12.7. The number of benzene rings is 1. The number of nitrogens with one attached hydrogen (secondary N) is 2. The van der Waals surface area contributed by atoms with Gasteiger partial charge in [-0.3, -0.25) is 4.79 Å². The number of carbonyl (C=O) groups excluding carboxylic acids is 2. The van der Waals surface area contributed by atoms with Crippen molar-refractivity contribution in [3.05, 3.63) is 47.8 Å². The highest BCUT2D eigenvalue weighted by Gasteiger charge is 2.32. The van der Waals surface area contributed by atoms with Crippen LogP contribution in [0.5, 0.6) is 0 Å². The van der Waals surface area contributed by atoms with Gasteiger partial charge in [-0.1, -0.05) is 6.07 Å². The molecule has 1 aromatic carbocycles. The zero-order chi connectivity index (χ0) is 20.1. The average molecular weight is 394 g/mol. The van der Waals surface area contributed by atoms with Crippen LogP contribution < -0.4 is 10.6 Å². The van der Waals surface area contributed by atoms with E-state index in [-0.39, 0.29) is 29.9 Å². The Kier molecular flexibility index (Phi) is 5.76. The molecular formula is C18H17F3N4O3. The molecule has 1 fully saturated rings. The summed E-state index contributed by atoms with van der Waals surface area (Å²) < 4.78 is 43.4. The van der Waals surface area contributed by atoms with Crippen LogP contribution in [0, 0.1) is 5.92 Å². The van der Waals surface area contributed by atoms with Crippen molar-refractivity contribution < 1.29 is 27.5 Å². The van der Waals surface area contributed by atoms with Crippen LogP contribution in [-0.4, -0.2) is 35.0 Å². The highest BCUT2D eigenvalue weighted by atomic mass is 19.4. The van der Waals surface area contributed by atoms with Gasteiger partial charge in [0.2, 0.25) is 11.9 Å². The molecule has 1 aliphatic rings. The number of hydrogen-bond acceptors (Lipinski definition) is 6. The first-order chi connectivity index (χ1) is 13.3. The van der Waals surface area contributed by atoms with Crippen LogP contribution in [0.2, 0.25) is 0 Å². The second-order valence-electron chi connectivity index (χ2n) is 6.27. The van der Waals surface area contributed by atoms with Crippen molar-refractivity contribution in [2.24, 2.45) is 5.92 Å². The first-order valence-electron chi connectivity index (χ1n) is 8.52. The summed E-state index contributed by atoms with van der Waals surface area (Å²) in [5, 5.41) is 5.35. The normalized spacial score (nSPS) is 16.5. The van der Waals surface area contributed by atoms with Gasteiger partial charge in [-0.05, 0) is 36.6 Å². The summed E-state index contributed by atoms with van der Waals surface area (Å²) >= 11 is 0. The molecule has 10 heteroatoms. The first kappa shape index (κ1) is 19.6. The third-order valence-electron chi connectivity index (χ3n) is 4.12. The van der Waals surface area contributed by atoms with E-state index in [1.54, 1.807) is 12.1 Å². The molecule has 2 heterocycles.